The van der Waals surface area contributed by atoms with E-state index in [9.17, 15) is 4.79 Å². The number of carbonyl (C=O) groups is 1. The smallest absolute Gasteiger partial charge is 0.258 e. The molecule has 4 rings (SSSR count). The minimum atomic E-state index is -0.0193. The maximum Gasteiger partial charge on any atom is 0.258 e. The minimum absolute atomic E-state index is 0.0193. The van der Waals surface area contributed by atoms with E-state index in [4.69, 9.17) is 9.15 Å². The lowest BCUT2D eigenvalue weighted by atomic mass is 10.1. The first-order valence-corrected chi connectivity index (χ1v) is 8.66. The summed E-state index contributed by atoms with van der Waals surface area (Å²) in [5.74, 6) is 1.51. The van der Waals surface area contributed by atoms with E-state index in [1.54, 1.807) is 0 Å². The van der Waals surface area contributed by atoms with Gasteiger partial charge < -0.3 is 14.1 Å². The molecular weight excluding hydrogens is 314 g/mol. The molecule has 0 spiro atoms. The van der Waals surface area contributed by atoms with Gasteiger partial charge in [-0.15, -0.1) is 0 Å². The molecular formula is C21H21NO3. The van der Waals surface area contributed by atoms with Gasteiger partial charge in [-0.1, -0.05) is 30.3 Å². The third-order valence-corrected chi connectivity index (χ3v) is 4.63. The summed E-state index contributed by atoms with van der Waals surface area (Å²) >= 11 is 0. The van der Waals surface area contributed by atoms with Crippen LogP contribution in [0, 0.1) is 0 Å². The Hall–Kier alpha value is -2.75. The predicted octanol–water partition coefficient (Wildman–Crippen LogP) is 4.42. The number of ether oxygens (including phenoxy) is 1. The van der Waals surface area contributed by atoms with E-state index < -0.39 is 0 Å². The van der Waals surface area contributed by atoms with Crippen LogP contribution < -0.4 is 4.74 Å². The van der Waals surface area contributed by atoms with Crippen LogP contribution in [0.1, 0.15) is 35.5 Å². The molecule has 128 valence electrons. The Kier molecular flexibility index (Phi) is 3.96. The van der Waals surface area contributed by atoms with Gasteiger partial charge in [0.1, 0.15) is 17.1 Å². The fourth-order valence-electron chi connectivity index (χ4n) is 3.31. The van der Waals surface area contributed by atoms with Gasteiger partial charge in [0.15, 0.2) is 0 Å². The fourth-order valence-corrected chi connectivity index (χ4v) is 3.31. The highest BCUT2D eigenvalue weighted by molar-refractivity contribution is 5.97. The number of para-hydroxylation sites is 2. The van der Waals surface area contributed by atoms with Gasteiger partial charge in [0.25, 0.3) is 5.91 Å². The van der Waals surface area contributed by atoms with E-state index in [0.29, 0.717) is 18.7 Å². The largest absolute Gasteiger partial charge is 0.492 e. The Balaban J connectivity index is 1.65. The summed E-state index contributed by atoms with van der Waals surface area (Å²) in [7, 11) is 0. The van der Waals surface area contributed by atoms with E-state index in [1.165, 1.54) is 0 Å². The lowest BCUT2D eigenvalue weighted by molar-refractivity contribution is 0.0673. The molecule has 0 unspecified atom stereocenters. The standard InChI is InChI=1S/C21H21NO3/c1-14(2)22(13-17-12-16-6-3-4-9-19(16)25-17)21(23)18-8-5-7-15-10-11-24-20(15)18/h3-9,12,14H,10-11,13H2,1-2H3. The van der Waals surface area contributed by atoms with Crippen molar-refractivity contribution < 1.29 is 13.9 Å². The van der Waals surface area contributed by atoms with Gasteiger partial charge in [-0.05, 0) is 37.6 Å². The molecule has 2 heterocycles. The van der Waals surface area contributed by atoms with E-state index in [2.05, 4.69) is 0 Å². The molecule has 3 aromatic rings. The maximum absolute atomic E-state index is 13.2. The third-order valence-electron chi connectivity index (χ3n) is 4.63. The van der Waals surface area contributed by atoms with Crippen molar-refractivity contribution in [3.8, 4) is 5.75 Å². The van der Waals surface area contributed by atoms with E-state index >= 15 is 0 Å². The Morgan fingerprint density at radius 3 is 2.80 bits per heavy atom. The molecule has 1 aromatic heterocycles. The maximum atomic E-state index is 13.2. The molecule has 0 atom stereocenters. The zero-order valence-corrected chi connectivity index (χ0v) is 14.5. The number of carbonyl (C=O) groups excluding carboxylic acids is 1. The number of hydrogen-bond acceptors (Lipinski definition) is 3. The Morgan fingerprint density at radius 1 is 1.16 bits per heavy atom. The summed E-state index contributed by atoms with van der Waals surface area (Å²) in [6.07, 6.45) is 0.863. The van der Waals surface area contributed by atoms with Gasteiger partial charge >= 0.3 is 0 Å². The number of amides is 1. The molecule has 1 amide bonds. The first kappa shape index (κ1) is 15.8. The van der Waals surface area contributed by atoms with Crippen LogP contribution in [-0.4, -0.2) is 23.5 Å². The average molecular weight is 335 g/mol. The van der Waals surface area contributed by atoms with Crippen molar-refractivity contribution in [2.45, 2.75) is 32.9 Å². The highest BCUT2D eigenvalue weighted by Crippen LogP contribution is 2.31. The normalized spacial score (nSPS) is 13.1. The second kappa shape index (κ2) is 6.28. The van der Waals surface area contributed by atoms with Crippen LogP contribution in [0.15, 0.2) is 52.9 Å². The molecule has 4 nitrogen and oxygen atoms in total. The van der Waals surface area contributed by atoms with Crippen LogP contribution >= 0.6 is 0 Å². The molecule has 0 radical (unpaired) electrons. The summed E-state index contributed by atoms with van der Waals surface area (Å²) in [4.78, 5) is 15.0. The number of benzene rings is 2. The molecule has 0 fully saturated rings. The van der Waals surface area contributed by atoms with E-state index in [1.807, 2.05) is 67.3 Å². The molecule has 1 aliphatic rings. The third kappa shape index (κ3) is 2.88. The van der Waals surface area contributed by atoms with Crippen molar-refractivity contribution in [2.75, 3.05) is 6.61 Å². The number of hydrogen-bond donors (Lipinski definition) is 0. The summed E-state index contributed by atoms with van der Waals surface area (Å²) in [5.41, 5.74) is 2.59. The number of nitrogens with zero attached hydrogens (tertiary/aromatic N) is 1. The van der Waals surface area contributed by atoms with Crippen LogP contribution in [0.5, 0.6) is 5.75 Å². The second-order valence-corrected chi connectivity index (χ2v) is 6.67. The van der Waals surface area contributed by atoms with Crippen LogP contribution in [0.4, 0.5) is 0 Å². The summed E-state index contributed by atoms with van der Waals surface area (Å²) in [6.45, 7) is 5.12. The molecule has 0 saturated carbocycles. The van der Waals surface area contributed by atoms with Crippen molar-refractivity contribution in [2.24, 2.45) is 0 Å². The zero-order valence-electron chi connectivity index (χ0n) is 14.5. The topological polar surface area (TPSA) is 42.7 Å². The molecule has 0 bridgehead atoms. The van der Waals surface area contributed by atoms with Crippen molar-refractivity contribution in [1.82, 2.24) is 4.90 Å². The Labute approximate surface area is 147 Å². The van der Waals surface area contributed by atoms with Crippen LogP contribution in [-0.2, 0) is 13.0 Å². The van der Waals surface area contributed by atoms with Gasteiger partial charge in [-0.25, -0.2) is 0 Å². The highest BCUT2D eigenvalue weighted by atomic mass is 16.5. The quantitative estimate of drug-likeness (QED) is 0.709. The lowest BCUT2D eigenvalue weighted by Gasteiger charge is -2.26. The summed E-state index contributed by atoms with van der Waals surface area (Å²) < 4.78 is 11.6. The highest BCUT2D eigenvalue weighted by Gasteiger charge is 2.26. The summed E-state index contributed by atoms with van der Waals surface area (Å²) in [6, 6.07) is 15.8. The molecule has 2 aromatic carbocycles. The Bertz CT molecular complexity index is 893. The zero-order chi connectivity index (χ0) is 17.4. The predicted molar refractivity (Wildman–Crippen MR) is 96.9 cm³/mol. The van der Waals surface area contributed by atoms with Crippen molar-refractivity contribution in [3.05, 3.63) is 65.4 Å². The van der Waals surface area contributed by atoms with E-state index in [-0.39, 0.29) is 11.9 Å². The average Bonchev–Trinajstić information content (AvgIpc) is 3.24. The SMILES string of the molecule is CC(C)N(Cc1cc2ccccc2o1)C(=O)c1cccc2c1OCC2. The molecule has 25 heavy (non-hydrogen) atoms. The number of rotatable bonds is 4. The van der Waals surface area contributed by atoms with Crippen LogP contribution in [0.25, 0.3) is 11.0 Å². The first-order valence-electron chi connectivity index (χ1n) is 8.66. The molecule has 0 saturated heterocycles. The second-order valence-electron chi connectivity index (χ2n) is 6.67. The van der Waals surface area contributed by atoms with Crippen LogP contribution in [0.2, 0.25) is 0 Å². The van der Waals surface area contributed by atoms with Crippen LogP contribution in [0.3, 0.4) is 0 Å². The van der Waals surface area contributed by atoms with Gasteiger partial charge in [-0.2, -0.15) is 0 Å². The molecule has 1 aliphatic heterocycles. The van der Waals surface area contributed by atoms with Crippen molar-refractivity contribution in [1.29, 1.82) is 0 Å². The Morgan fingerprint density at radius 2 is 2.00 bits per heavy atom. The summed E-state index contributed by atoms with van der Waals surface area (Å²) in [5, 5.41) is 1.05. The van der Waals surface area contributed by atoms with E-state index in [0.717, 1.165) is 34.5 Å². The van der Waals surface area contributed by atoms with Gasteiger partial charge in [0.05, 0.1) is 18.7 Å². The lowest BCUT2D eigenvalue weighted by Crippen LogP contribution is -2.36. The molecule has 4 heteroatoms. The van der Waals surface area contributed by atoms with Crippen molar-refractivity contribution >= 4 is 16.9 Å². The first-order chi connectivity index (χ1) is 12.1. The monoisotopic (exact) mass is 335 g/mol. The van der Waals surface area contributed by atoms with Gasteiger partial charge in [0.2, 0.25) is 0 Å². The fraction of sp³-hybridized carbons (Fsp3) is 0.286. The van der Waals surface area contributed by atoms with Crippen molar-refractivity contribution in [3.63, 3.8) is 0 Å². The number of fused-ring (bicyclic) bond motifs is 2. The van der Waals surface area contributed by atoms with Gasteiger partial charge in [-0.3, -0.25) is 4.79 Å². The minimum Gasteiger partial charge on any atom is -0.492 e. The van der Waals surface area contributed by atoms with Gasteiger partial charge in [0, 0.05) is 17.8 Å². The number of furan rings is 1. The molecule has 0 N–H and O–H groups in total. The molecule has 0 aliphatic carbocycles.